The summed E-state index contributed by atoms with van der Waals surface area (Å²) < 4.78 is 0. The second kappa shape index (κ2) is 7.25. The molecule has 3 nitrogen and oxygen atoms in total. The van der Waals surface area contributed by atoms with Crippen molar-refractivity contribution in [2.45, 2.75) is 40.2 Å². The van der Waals surface area contributed by atoms with E-state index in [9.17, 15) is 4.79 Å². The van der Waals surface area contributed by atoms with Crippen molar-refractivity contribution >= 4 is 12.0 Å². The highest BCUT2D eigenvalue weighted by molar-refractivity contribution is 5.92. The SMILES string of the molecule is Cc1ccccc1/C=C/C(=O)NC(CCO)C(C)(C)C. The highest BCUT2D eigenvalue weighted by Gasteiger charge is 2.24. The number of aryl methyl sites for hydroxylation is 1. The lowest BCUT2D eigenvalue weighted by Gasteiger charge is -2.30. The van der Waals surface area contributed by atoms with E-state index in [0.717, 1.165) is 11.1 Å². The van der Waals surface area contributed by atoms with Crippen LogP contribution in [0.15, 0.2) is 30.3 Å². The van der Waals surface area contributed by atoms with Crippen LogP contribution in [0.3, 0.4) is 0 Å². The molecule has 1 unspecified atom stereocenters. The second-order valence-electron chi connectivity index (χ2n) is 6.13. The van der Waals surface area contributed by atoms with Gasteiger partial charge in [-0.2, -0.15) is 0 Å². The van der Waals surface area contributed by atoms with Crippen LogP contribution in [0.2, 0.25) is 0 Å². The van der Waals surface area contributed by atoms with Gasteiger partial charge in [-0.1, -0.05) is 45.0 Å². The first-order valence-corrected chi connectivity index (χ1v) is 6.99. The van der Waals surface area contributed by atoms with E-state index < -0.39 is 0 Å². The van der Waals surface area contributed by atoms with Crippen molar-refractivity contribution in [2.75, 3.05) is 6.61 Å². The lowest BCUT2D eigenvalue weighted by Crippen LogP contribution is -2.43. The average Bonchev–Trinajstić information content (AvgIpc) is 2.36. The molecule has 1 amide bonds. The van der Waals surface area contributed by atoms with Gasteiger partial charge in [0.25, 0.3) is 0 Å². The third kappa shape index (κ3) is 5.17. The Bertz CT molecular complexity index is 472. The third-order valence-electron chi connectivity index (χ3n) is 3.38. The van der Waals surface area contributed by atoms with Crippen molar-refractivity contribution in [2.24, 2.45) is 5.41 Å². The number of nitrogens with one attached hydrogen (secondary N) is 1. The predicted molar refractivity (Wildman–Crippen MR) is 83.3 cm³/mol. The molecule has 1 rings (SSSR count). The molecule has 3 heteroatoms. The molecule has 0 aliphatic rings. The molecule has 0 aliphatic heterocycles. The summed E-state index contributed by atoms with van der Waals surface area (Å²) in [5, 5.41) is 12.0. The zero-order valence-electron chi connectivity index (χ0n) is 12.8. The molecule has 0 radical (unpaired) electrons. The van der Waals surface area contributed by atoms with Crippen molar-refractivity contribution in [1.82, 2.24) is 5.32 Å². The summed E-state index contributed by atoms with van der Waals surface area (Å²) in [4.78, 5) is 12.0. The minimum atomic E-state index is -0.123. The molecule has 0 spiro atoms. The molecular formula is C17H25NO2. The molecule has 20 heavy (non-hydrogen) atoms. The molecule has 0 heterocycles. The van der Waals surface area contributed by atoms with Crippen molar-refractivity contribution in [1.29, 1.82) is 0 Å². The van der Waals surface area contributed by atoms with E-state index >= 15 is 0 Å². The van der Waals surface area contributed by atoms with Crippen molar-refractivity contribution in [3.63, 3.8) is 0 Å². The van der Waals surface area contributed by atoms with Crippen LogP contribution >= 0.6 is 0 Å². The summed E-state index contributed by atoms with van der Waals surface area (Å²) in [6.45, 7) is 8.25. The van der Waals surface area contributed by atoms with Crippen LogP contribution in [-0.4, -0.2) is 23.7 Å². The summed E-state index contributed by atoms with van der Waals surface area (Å²) in [6, 6.07) is 7.88. The molecule has 0 fully saturated rings. The molecule has 0 saturated heterocycles. The van der Waals surface area contributed by atoms with E-state index in [2.05, 4.69) is 26.1 Å². The number of benzene rings is 1. The molecule has 1 aromatic rings. The van der Waals surface area contributed by atoms with Crippen molar-refractivity contribution < 1.29 is 9.90 Å². The molecule has 0 bridgehead atoms. The third-order valence-corrected chi connectivity index (χ3v) is 3.38. The minimum Gasteiger partial charge on any atom is -0.396 e. The van der Waals surface area contributed by atoms with Crippen LogP contribution in [0, 0.1) is 12.3 Å². The van der Waals surface area contributed by atoms with Gasteiger partial charge in [-0.05, 0) is 36.0 Å². The quantitative estimate of drug-likeness (QED) is 0.812. The molecule has 2 N–H and O–H groups in total. The first-order chi connectivity index (χ1) is 9.34. The maximum atomic E-state index is 12.0. The topological polar surface area (TPSA) is 49.3 Å². The number of carbonyl (C=O) groups is 1. The van der Waals surface area contributed by atoms with Gasteiger partial charge in [0.1, 0.15) is 0 Å². The fourth-order valence-corrected chi connectivity index (χ4v) is 2.01. The van der Waals surface area contributed by atoms with Crippen molar-refractivity contribution in [3.05, 3.63) is 41.5 Å². The Morgan fingerprint density at radius 2 is 2.00 bits per heavy atom. The Morgan fingerprint density at radius 1 is 1.35 bits per heavy atom. The van der Waals surface area contributed by atoms with Crippen LogP contribution in [0.4, 0.5) is 0 Å². The Kier molecular flexibility index (Phi) is 5.96. The van der Waals surface area contributed by atoms with Gasteiger partial charge in [0.05, 0.1) is 0 Å². The summed E-state index contributed by atoms with van der Waals surface area (Å²) >= 11 is 0. The normalized spacial score (nSPS) is 13.4. The number of carbonyl (C=O) groups excluding carboxylic acids is 1. The van der Waals surface area contributed by atoms with Gasteiger partial charge >= 0.3 is 0 Å². The van der Waals surface area contributed by atoms with Crippen LogP contribution < -0.4 is 5.32 Å². The Balaban J connectivity index is 2.69. The average molecular weight is 275 g/mol. The number of hydrogen-bond acceptors (Lipinski definition) is 2. The van der Waals surface area contributed by atoms with E-state index in [1.165, 1.54) is 0 Å². The summed E-state index contributed by atoms with van der Waals surface area (Å²) in [6.07, 6.45) is 3.94. The Hall–Kier alpha value is -1.61. The fraction of sp³-hybridized carbons (Fsp3) is 0.471. The highest BCUT2D eigenvalue weighted by atomic mass is 16.3. The van der Waals surface area contributed by atoms with E-state index in [0.29, 0.717) is 6.42 Å². The molecule has 0 aliphatic carbocycles. The van der Waals surface area contributed by atoms with Gasteiger partial charge in [0.2, 0.25) is 5.91 Å². The predicted octanol–water partition coefficient (Wildman–Crippen LogP) is 2.92. The Morgan fingerprint density at radius 3 is 2.55 bits per heavy atom. The van der Waals surface area contributed by atoms with Crippen LogP contribution in [0.25, 0.3) is 6.08 Å². The molecule has 1 aromatic carbocycles. The molecule has 1 atom stereocenters. The maximum Gasteiger partial charge on any atom is 0.244 e. The summed E-state index contributed by atoms with van der Waals surface area (Å²) in [5.74, 6) is -0.123. The lowest BCUT2D eigenvalue weighted by molar-refractivity contribution is -0.118. The first-order valence-electron chi connectivity index (χ1n) is 6.99. The largest absolute Gasteiger partial charge is 0.396 e. The number of aliphatic hydroxyl groups excluding tert-OH is 1. The Labute approximate surface area is 121 Å². The lowest BCUT2D eigenvalue weighted by atomic mass is 9.85. The molecule has 0 aromatic heterocycles. The zero-order chi connectivity index (χ0) is 15.2. The van der Waals surface area contributed by atoms with Crippen LogP contribution in [0.5, 0.6) is 0 Å². The summed E-state index contributed by atoms with van der Waals surface area (Å²) in [5.41, 5.74) is 2.10. The van der Waals surface area contributed by atoms with Gasteiger partial charge in [-0.25, -0.2) is 0 Å². The first kappa shape index (κ1) is 16.4. The van der Waals surface area contributed by atoms with Crippen LogP contribution in [-0.2, 0) is 4.79 Å². The number of hydrogen-bond donors (Lipinski definition) is 2. The number of amides is 1. The van der Waals surface area contributed by atoms with Crippen LogP contribution in [0.1, 0.15) is 38.3 Å². The molecule has 0 saturated carbocycles. The molecule has 110 valence electrons. The van der Waals surface area contributed by atoms with Gasteiger partial charge in [0.15, 0.2) is 0 Å². The van der Waals surface area contributed by atoms with E-state index in [-0.39, 0.29) is 24.0 Å². The van der Waals surface area contributed by atoms with Gasteiger partial charge < -0.3 is 10.4 Å². The smallest absolute Gasteiger partial charge is 0.244 e. The standard InChI is InChI=1S/C17H25NO2/c1-13-7-5-6-8-14(13)9-10-16(20)18-15(11-12-19)17(2,3)4/h5-10,15,19H,11-12H2,1-4H3,(H,18,20)/b10-9+. The van der Waals surface area contributed by atoms with E-state index in [1.807, 2.05) is 37.3 Å². The van der Waals surface area contributed by atoms with E-state index in [4.69, 9.17) is 5.11 Å². The fourth-order valence-electron chi connectivity index (χ4n) is 2.01. The van der Waals surface area contributed by atoms with Crippen molar-refractivity contribution in [3.8, 4) is 0 Å². The van der Waals surface area contributed by atoms with Gasteiger partial charge in [-0.3, -0.25) is 4.79 Å². The number of aliphatic hydroxyl groups is 1. The number of rotatable bonds is 5. The minimum absolute atomic E-state index is 0.0403. The monoisotopic (exact) mass is 275 g/mol. The molecular weight excluding hydrogens is 250 g/mol. The zero-order valence-corrected chi connectivity index (χ0v) is 12.8. The summed E-state index contributed by atoms with van der Waals surface area (Å²) in [7, 11) is 0. The highest BCUT2D eigenvalue weighted by Crippen LogP contribution is 2.21. The van der Waals surface area contributed by atoms with Gasteiger partial charge in [0, 0.05) is 18.7 Å². The maximum absolute atomic E-state index is 12.0. The van der Waals surface area contributed by atoms with E-state index in [1.54, 1.807) is 6.08 Å². The second-order valence-corrected chi connectivity index (χ2v) is 6.13. The van der Waals surface area contributed by atoms with Gasteiger partial charge in [-0.15, -0.1) is 0 Å².